The summed E-state index contributed by atoms with van der Waals surface area (Å²) in [5.74, 6) is -2.94. The summed E-state index contributed by atoms with van der Waals surface area (Å²) < 4.78 is 52.0. The van der Waals surface area contributed by atoms with Crippen LogP contribution in [0.2, 0.25) is 0 Å². The molecule has 1 fully saturated rings. The molecule has 0 saturated heterocycles. The lowest BCUT2D eigenvalue weighted by Crippen LogP contribution is -2.56. The van der Waals surface area contributed by atoms with Gasteiger partial charge in [-0.2, -0.15) is 13.2 Å². The predicted octanol–water partition coefficient (Wildman–Crippen LogP) is 3.87. The van der Waals surface area contributed by atoms with E-state index in [-0.39, 0.29) is 5.56 Å². The molecule has 25 heavy (non-hydrogen) atoms. The Morgan fingerprint density at radius 2 is 1.84 bits per heavy atom. The molecule has 1 amide bonds. The average Bonchev–Trinajstić information content (AvgIpc) is 2.53. The quantitative estimate of drug-likeness (QED) is 0.800. The van der Waals surface area contributed by atoms with E-state index in [1.165, 1.54) is 0 Å². The van der Waals surface area contributed by atoms with E-state index < -0.39 is 41.2 Å². The van der Waals surface area contributed by atoms with E-state index in [2.05, 4.69) is 5.32 Å². The van der Waals surface area contributed by atoms with Crippen molar-refractivity contribution in [2.45, 2.75) is 50.5 Å². The maximum Gasteiger partial charge on any atom is 0.416 e. The molecule has 0 aliphatic heterocycles. The molecule has 1 aromatic carbocycles. The van der Waals surface area contributed by atoms with E-state index in [9.17, 15) is 32.3 Å². The lowest BCUT2D eigenvalue weighted by Gasteiger charge is -2.40. The van der Waals surface area contributed by atoms with Crippen molar-refractivity contribution in [3.8, 4) is 0 Å². The van der Waals surface area contributed by atoms with E-state index >= 15 is 0 Å². The largest absolute Gasteiger partial charge is 0.481 e. The van der Waals surface area contributed by atoms with E-state index in [0.717, 1.165) is 12.1 Å². The van der Waals surface area contributed by atoms with Crippen LogP contribution < -0.4 is 5.32 Å². The topological polar surface area (TPSA) is 66.4 Å². The minimum Gasteiger partial charge on any atom is -0.481 e. The zero-order valence-corrected chi connectivity index (χ0v) is 13.6. The van der Waals surface area contributed by atoms with Gasteiger partial charge in [0, 0.05) is 0 Å². The van der Waals surface area contributed by atoms with Crippen molar-refractivity contribution in [1.29, 1.82) is 0 Å². The Kier molecular flexibility index (Phi) is 5.39. The highest BCUT2D eigenvalue weighted by Crippen LogP contribution is 2.35. The second kappa shape index (κ2) is 7.01. The van der Waals surface area contributed by atoms with Gasteiger partial charge in [0.1, 0.15) is 0 Å². The van der Waals surface area contributed by atoms with Gasteiger partial charge >= 0.3 is 12.1 Å². The first-order valence-electron chi connectivity index (χ1n) is 7.90. The van der Waals surface area contributed by atoms with Gasteiger partial charge in [-0.15, -0.1) is 0 Å². The summed E-state index contributed by atoms with van der Waals surface area (Å²) >= 11 is 0. The highest BCUT2D eigenvalue weighted by molar-refractivity contribution is 5.84. The number of hydrogen-bond acceptors (Lipinski definition) is 2. The van der Waals surface area contributed by atoms with Crippen molar-refractivity contribution in [1.82, 2.24) is 5.32 Å². The van der Waals surface area contributed by atoms with Crippen LogP contribution in [0.5, 0.6) is 0 Å². The van der Waals surface area contributed by atoms with Crippen molar-refractivity contribution in [3.63, 3.8) is 0 Å². The summed E-state index contributed by atoms with van der Waals surface area (Å²) in [7, 11) is 0. The standard InChI is InChI=1S/C17H19F4NO3/c1-16(9-3-2-4-12(16)15(24)25)22-14(23)13(18)10-5-7-11(8-6-10)17(19,20)21/h5-8,12-13H,2-4,9H2,1H3,(H,22,23)(H,24,25). The molecule has 2 rings (SSSR count). The number of halogens is 4. The number of carbonyl (C=O) groups is 2. The van der Waals surface area contributed by atoms with Crippen LogP contribution in [0.25, 0.3) is 0 Å². The molecule has 1 aliphatic carbocycles. The van der Waals surface area contributed by atoms with Crippen LogP contribution >= 0.6 is 0 Å². The second-order valence-corrected chi connectivity index (χ2v) is 6.53. The third-order valence-electron chi connectivity index (χ3n) is 4.68. The maximum atomic E-state index is 14.4. The highest BCUT2D eigenvalue weighted by Gasteiger charge is 2.43. The third-order valence-corrected chi connectivity index (χ3v) is 4.68. The Morgan fingerprint density at radius 3 is 2.36 bits per heavy atom. The van der Waals surface area contributed by atoms with E-state index in [0.29, 0.717) is 37.8 Å². The van der Waals surface area contributed by atoms with Crippen molar-refractivity contribution in [2.24, 2.45) is 5.92 Å². The number of carboxylic acid groups (broad SMARTS) is 1. The first-order valence-corrected chi connectivity index (χ1v) is 7.90. The van der Waals surface area contributed by atoms with Crippen LogP contribution in [0.3, 0.4) is 0 Å². The molecule has 0 radical (unpaired) electrons. The minimum atomic E-state index is -4.54. The van der Waals surface area contributed by atoms with Gasteiger partial charge in [-0.25, -0.2) is 4.39 Å². The molecule has 8 heteroatoms. The van der Waals surface area contributed by atoms with Gasteiger partial charge < -0.3 is 10.4 Å². The summed E-state index contributed by atoms with van der Waals surface area (Å²) in [5, 5.41) is 11.8. The Labute approximate surface area is 142 Å². The molecule has 1 aromatic rings. The Hall–Kier alpha value is -2.12. The number of rotatable bonds is 4. The smallest absolute Gasteiger partial charge is 0.416 e. The maximum absolute atomic E-state index is 14.4. The lowest BCUT2D eigenvalue weighted by molar-refractivity contribution is -0.147. The van der Waals surface area contributed by atoms with Crippen LogP contribution in [0, 0.1) is 5.92 Å². The normalized spacial score (nSPS) is 25.2. The Bertz CT molecular complexity index is 644. The zero-order valence-electron chi connectivity index (χ0n) is 13.6. The van der Waals surface area contributed by atoms with E-state index in [1.54, 1.807) is 6.92 Å². The van der Waals surface area contributed by atoms with Crippen LogP contribution in [-0.4, -0.2) is 22.5 Å². The predicted molar refractivity (Wildman–Crippen MR) is 81.4 cm³/mol. The second-order valence-electron chi connectivity index (χ2n) is 6.53. The molecule has 138 valence electrons. The third kappa shape index (κ3) is 4.29. The number of aliphatic carboxylic acids is 1. The van der Waals surface area contributed by atoms with Gasteiger partial charge in [0.25, 0.3) is 5.91 Å². The first kappa shape index (κ1) is 19.2. The van der Waals surface area contributed by atoms with Gasteiger partial charge in [-0.3, -0.25) is 9.59 Å². The molecule has 0 spiro atoms. The van der Waals surface area contributed by atoms with Crippen LogP contribution in [0.15, 0.2) is 24.3 Å². The number of hydrogen-bond donors (Lipinski definition) is 2. The molecule has 2 N–H and O–H groups in total. The minimum absolute atomic E-state index is 0.211. The van der Waals surface area contributed by atoms with Gasteiger partial charge in [-0.1, -0.05) is 25.0 Å². The van der Waals surface area contributed by atoms with Gasteiger partial charge in [0.2, 0.25) is 6.17 Å². The van der Waals surface area contributed by atoms with Crippen molar-refractivity contribution in [2.75, 3.05) is 0 Å². The lowest BCUT2D eigenvalue weighted by atomic mass is 9.73. The fourth-order valence-corrected chi connectivity index (χ4v) is 3.22. The van der Waals surface area contributed by atoms with Crippen LogP contribution in [0.1, 0.15) is 49.9 Å². The molecule has 1 saturated carbocycles. The van der Waals surface area contributed by atoms with Crippen molar-refractivity contribution in [3.05, 3.63) is 35.4 Å². The van der Waals surface area contributed by atoms with Crippen LogP contribution in [0.4, 0.5) is 17.6 Å². The van der Waals surface area contributed by atoms with Gasteiger partial charge in [0.05, 0.1) is 17.0 Å². The Balaban J connectivity index is 2.12. The van der Waals surface area contributed by atoms with Crippen molar-refractivity contribution >= 4 is 11.9 Å². The van der Waals surface area contributed by atoms with E-state index in [4.69, 9.17) is 0 Å². The van der Waals surface area contributed by atoms with Crippen LogP contribution in [-0.2, 0) is 15.8 Å². The van der Waals surface area contributed by atoms with Gasteiger partial charge in [-0.05, 0) is 37.5 Å². The summed E-state index contributed by atoms with van der Waals surface area (Å²) in [5.41, 5.74) is -2.23. The van der Waals surface area contributed by atoms with Crippen molar-refractivity contribution < 1.29 is 32.3 Å². The molecule has 1 aliphatic rings. The summed E-state index contributed by atoms with van der Waals surface area (Å²) in [6.45, 7) is 1.56. The monoisotopic (exact) mass is 361 g/mol. The summed E-state index contributed by atoms with van der Waals surface area (Å²) in [6.07, 6.45) is -4.52. The number of alkyl halides is 4. The number of amides is 1. The fourth-order valence-electron chi connectivity index (χ4n) is 3.22. The molecule has 0 heterocycles. The molecule has 3 unspecified atom stereocenters. The molecular formula is C17H19F4NO3. The summed E-state index contributed by atoms with van der Waals surface area (Å²) in [6, 6.07) is 3.23. The molecule has 3 atom stereocenters. The van der Waals surface area contributed by atoms with Gasteiger partial charge in [0.15, 0.2) is 0 Å². The number of benzene rings is 1. The average molecular weight is 361 g/mol. The Morgan fingerprint density at radius 1 is 1.24 bits per heavy atom. The number of nitrogens with one attached hydrogen (secondary N) is 1. The molecular weight excluding hydrogens is 342 g/mol. The molecule has 0 aromatic heterocycles. The zero-order chi connectivity index (χ0) is 18.8. The fraction of sp³-hybridized carbons (Fsp3) is 0.529. The number of carboxylic acids is 1. The summed E-state index contributed by atoms with van der Waals surface area (Å²) in [4.78, 5) is 23.5. The molecule has 4 nitrogen and oxygen atoms in total. The number of carbonyl (C=O) groups excluding carboxylic acids is 1. The highest BCUT2D eigenvalue weighted by atomic mass is 19.4. The SMILES string of the molecule is CC1(NC(=O)C(F)c2ccc(C(F)(F)F)cc2)CCCCC1C(=O)O. The molecule has 0 bridgehead atoms. The first-order chi connectivity index (χ1) is 11.5. The van der Waals surface area contributed by atoms with E-state index in [1.807, 2.05) is 0 Å².